The highest BCUT2D eigenvalue weighted by Crippen LogP contribution is 2.35. The number of aryl methyl sites for hydroxylation is 1. The molecule has 2 heterocycles. The maximum absolute atomic E-state index is 13.0. The van der Waals surface area contributed by atoms with Crippen molar-refractivity contribution in [1.29, 1.82) is 0 Å². The molecule has 0 saturated heterocycles. The lowest BCUT2D eigenvalue weighted by atomic mass is 9.95. The summed E-state index contributed by atoms with van der Waals surface area (Å²) in [5, 5.41) is 4.09. The Morgan fingerprint density at radius 2 is 1.78 bits per heavy atom. The largest absolute Gasteiger partial charge is 0.486 e. The Bertz CT molecular complexity index is 989. The lowest BCUT2D eigenvalue weighted by molar-refractivity contribution is 0.0898. The van der Waals surface area contributed by atoms with Crippen LogP contribution in [0.15, 0.2) is 46.9 Å². The first kappa shape index (κ1) is 17.5. The van der Waals surface area contributed by atoms with Crippen LogP contribution in [0.1, 0.15) is 41.6 Å². The summed E-state index contributed by atoms with van der Waals surface area (Å²) in [6, 6.07) is 13.3. The molecule has 0 saturated carbocycles. The van der Waals surface area contributed by atoms with Gasteiger partial charge in [0.25, 0.3) is 5.91 Å². The van der Waals surface area contributed by atoms with Crippen molar-refractivity contribution in [2.75, 3.05) is 13.2 Å². The third kappa shape index (κ3) is 3.25. The molecule has 1 amide bonds. The predicted molar refractivity (Wildman–Crippen MR) is 103 cm³/mol. The molecule has 0 fully saturated rings. The molecule has 1 aliphatic rings. The minimum Gasteiger partial charge on any atom is -0.486 e. The monoisotopic (exact) mass is 365 g/mol. The number of fused-ring (bicyclic) bond motifs is 2. The molecule has 3 aromatic rings. The fourth-order valence-electron chi connectivity index (χ4n) is 3.49. The number of carbonyl (C=O) groups is 1. The van der Waals surface area contributed by atoms with E-state index < -0.39 is 0 Å². The number of furan rings is 1. The first-order valence-corrected chi connectivity index (χ1v) is 9.23. The molecule has 140 valence electrons. The lowest BCUT2D eigenvalue weighted by Crippen LogP contribution is -2.32. The number of hydrogen-bond donors (Lipinski definition) is 1. The SMILES string of the molecule is Cc1c(C(=O)N[C@H](c2ccc3c(c2)OCCO3)C(C)C)oc2ccccc12. The molecule has 5 heteroatoms. The van der Waals surface area contributed by atoms with Crippen LogP contribution < -0.4 is 14.8 Å². The van der Waals surface area contributed by atoms with Crippen LogP contribution in [0.5, 0.6) is 11.5 Å². The number of amides is 1. The highest BCUT2D eigenvalue weighted by Gasteiger charge is 2.25. The second-order valence-electron chi connectivity index (χ2n) is 7.15. The van der Waals surface area contributed by atoms with Crippen molar-refractivity contribution in [3.8, 4) is 11.5 Å². The number of ether oxygens (including phenoxy) is 2. The summed E-state index contributed by atoms with van der Waals surface area (Å²) < 4.78 is 17.1. The molecule has 1 atom stereocenters. The second kappa shape index (κ2) is 6.99. The minimum absolute atomic E-state index is 0.166. The second-order valence-corrected chi connectivity index (χ2v) is 7.15. The quantitative estimate of drug-likeness (QED) is 0.732. The maximum atomic E-state index is 13.0. The van der Waals surface area contributed by atoms with Crippen LogP contribution in [-0.2, 0) is 0 Å². The normalized spacial score (nSPS) is 14.4. The molecule has 5 nitrogen and oxygen atoms in total. The summed E-state index contributed by atoms with van der Waals surface area (Å²) in [4.78, 5) is 13.0. The highest BCUT2D eigenvalue weighted by molar-refractivity contribution is 5.99. The van der Waals surface area contributed by atoms with E-state index in [0.29, 0.717) is 19.0 Å². The summed E-state index contributed by atoms with van der Waals surface area (Å²) >= 11 is 0. The van der Waals surface area contributed by atoms with Gasteiger partial charge in [-0.15, -0.1) is 0 Å². The number of hydrogen-bond acceptors (Lipinski definition) is 4. The van der Waals surface area contributed by atoms with Crippen LogP contribution in [-0.4, -0.2) is 19.1 Å². The molecule has 1 aromatic heterocycles. The molecular weight excluding hydrogens is 342 g/mol. The van der Waals surface area contributed by atoms with E-state index >= 15 is 0 Å². The van der Waals surface area contributed by atoms with E-state index in [1.807, 2.05) is 49.4 Å². The number of rotatable bonds is 4. The van der Waals surface area contributed by atoms with Crippen molar-refractivity contribution in [2.45, 2.75) is 26.8 Å². The predicted octanol–water partition coefficient (Wildman–Crippen LogP) is 4.64. The fraction of sp³-hybridized carbons (Fsp3) is 0.318. The zero-order chi connectivity index (χ0) is 19.0. The van der Waals surface area contributed by atoms with Crippen LogP contribution in [0.4, 0.5) is 0 Å². The third-order valence-electron chi connectivity index (χ3n) is 4.93. The molecule has 2 aromatic carbocycles. The van der Waals surface area contributed by atoms with Gasteiger partial charge in [-0.3, -0.25) is 4.79 Å². The van der Waals surface area contributed by atoms with Gasteiger partial charge < -0.3 is 19.2 Å². The summed E-state index contributed by atoms with van der Waals surface area (Å²) in [7, 11) is 0. The molecule has 4 rings (SSSR count). The Morgan fingerprint density at radius 1 is 1.04 bits per heavy atom. The maximum Gasteiger partial charge on any atom is 0.287 e. The third-order valence-corrected chi connectivity index (χ3v) is 4.93. The summed E-state index contributed by atoms with van der Waals surface area (Å²) in [6.45, 7) is 7.16. The van der Waals surface area contributed by atoms with E-state index in [0.717, 1.165) is 33.6 Å². The minimum atomic E-state index is -0.211. The first-order valence-electron chi connectivity index (χ1n) is 9.23. The number of benzene rings is 2. The average Bonchev–Trinajstić information content (AvgIpc) is 3.02. The van der Waals surface area contributed by atoms with Gasteiger partial charge >= 0.3 is 0 Å². The van der Waals surface area contributed by atoms with Gasteiger partial charge in [-0.05, 0) is 36.6 Å². The van der Waals surface area contributed by atoms with Gasteiger partial charge in [0, 0.05) is 10.9 Å². The molecule has 0 aliphatic carbocycles. The van der Waals surface area contributed by atoms with Crippen molar-refractivity contribution < 1.29 is 18.7 Å². The van der Waals surface area contributed by atoms with Gasteiger partial charge in [0.1, 0.15) is 18.8 Å². The van der Waals surface area contributed by atoms with Crippen LogP contribution in [0.25, 0.3) is 11.0 Å². The van der Waals surface area contributed by atoms with Gasteiger partial charge in [-0.2, -0.15) is 0 Å². The summed E-state index contributed by atoms with van der Waals surface area (Å²) in [6.07, 6.45) is 0. The van der Waals surface area contributed by atoms with E-state index in [1.165, 1.54) is 0 Å². The van der Waals surface area contributed by atoms with E-state index in [-0.39, 0.29) is 17.9 Å². The molecule has 1 aliphatic heterocycles. The smallest absolute Gasteiger partial charge is 0.287 e. The molecule has 0 unspecified atom stereocenters. The van der Waals surface area contributed by atoms with E-state index in [2.05, 4.69) is 19.2 Å². The van der Waals surface area contributed by atoms with E-state index in [9.17, 15) is 4.79 Å². The molecule has 0 spiro atoms. The van der Waals surface area contributed by atoms with Crippen LogP contribution in [0.3, 0.4) is 0 Å². The number of para-hydroxylation sites is 1. The molecule has 1 N–H and O–H groups in total. The van der Waals surface area contributed by atoms with Gasteiger partial charge in [0.05, 0.1) is 6.04 Å². The van der Waals surface area contributed by atoms with Crippen molar-refractivity contribution in [1.82, 2.24) is 5.32 Å². The van der Waals surface area contributed by atoms with Crippen molar-refractivity contribution in [3.05, 3.63) is 59.4 Å². The molecule has 27 heavy (non-hydrogen) atoms. The van der Waals surface area contributed by atoms with Crippen LogP contribution in [0.2, 0.25) is 0 Å². The van der Waals surface area contributed by atoms with Crippen molar-refractivity contribution >= 4 is 16.9 Å². The lowest BCUT2D eigenvalue weighted by Gasteiger charge is -2.25. The zero-order valence-corrected chi connectivity index (χ0v) is 15.7. The van der Waals surface area contributed by atoms with Crippen LogP contribution >= 0.6 is 0 Å². The number of carbonyl (C=O) groups excluding carboxylic acids is 1. The van der Waals surface area contributed by atoms with Gasteiger partial charge in [0.2, 0.25) is 0 Å². The van der Waals surface area contributed by atoms with Crippen molar-refractivity contribution in [2.24, 2.45) is 5.92 Å². The molecular formula is C22H23NO4. The zero-order valence-electron chi connectivity index (χ0n) is 15.7. The molecule has 0 radical (unpaired) electrons. The topological polar surface area (TPSA) is 60.7 Å². The Balaban J connectivity index is 1.63. The standard InChI is InChI=1S/C22H23NO4/c1-13(2)20(15-8-9-18-19(12-15)26-11-10-25-18)23-22(24)21-14(3)16-6-4-5-7-17(16)27-21/h4-9,12-13,20H,10-11H2,1-3H3,(H,23,24)/t20-/m0/s1. The Morgan fingerprint density at radius 3 is 2.52 bits per heavy atom. The summed E-state index contributed by atoms with van der Waals surface area (Å²) in [5.41, 5.74) is 2.56. The Hall–Kier alpha value is -2.95. The Kier molecular flexibility index (Phi) is 4.52. The average molecular weight is 365 g/mol. The van der Waals surface area contributed by atoms with Crippen LogP contribution in [0, 0.1) is 12.8 Å². The molecule has 0 bridgehead atoms. The fourth-order valence-corrected chi connectivity index (χ4v) is 3.49. The van der Waals surface area contributed by atoms with Gasteiger partial charge in [0.15, 0.2) is 17.3 Å². The van der Waals surface area contributed by atoms with E-state index in [4.69, 9.17) is 13.9 Å². The Labute approximate surface area is 158 Å². The van der Waals surface area contributed by atoms with E-state index in [1.54, 1.807) is 0 Å². The highest BCUT2D eigenvalue weighted by atomic mass is 16.6. The van der Waals surface area contributed by atoms with Gasteiger partial charge in [-0.1, -0.05) is 38.1 Å². The van der Waals surface area contributed by atoms with Crippen molar-refractivity contribution in [3.63, 3.8) is 0 Å². The first-order chi connectivity index (χ1) is 13.0. The number of nitrogens with one attached hydrogen (secondary N) is 1. The summed E-state index contributed by atoms with van der Waals surface area (Å²) in [5.74, 6) is 1.81. The van der Waals surface area contributed by atoms with Gasteiger partial charge in [-0.25, -0.2) is 0 Å².